The van der Waals surface area contributed by atoms with E-state index in [-0.39, 0.29) is 96.1 Å². The molecule has 37 heteroatoms. The molecule has 15 N–H and O–H groups in total. The molecule has 1 aliphatic carbocycles. The van der Waals surface area contributed by atoms with Crippen LogP contribution in [0.4, 0.5) is 0 Å². The molecule has 2 aromatic heterocycles. The van der Waals surface area contributed by atoms with Gasteiger partial charge in [0.2, 0.25) is 41.4 Å². The number of aliphatic carboxylic acids is 2. The van der Waals surface area contributed by atoms with E-state index in [0.29, 0.717) is 47.0 Å². The number of carboxylic acids is 2. The maximum absolute atomic E-state index is 14.4. The molecule has 4 aromatic rings. The minimum absolute atomic E-state index is 0.0585. The predicted molar refractivity (Wildman–Crippen MR) is 434 cm³/mol. The van der Waals surface area contributed by atoms with Gasteiger partial charge in [-0.3, -0.25) is 86.3 Å². The van der Waals surface area contributed by atoms with Crippen LogP contribution in [0, 0.1) is 41.4 Å². The first-order valence-electron chi connectivity index (χ1n) is 40.1. The first-order valence-corrected chi connectivity index (χ1v) is 40.1. The van der Waals surface area contributed by atoms with Gasteiger partial charge in [-0.15, -0.1) is 0 Å². The second-order valence-electron chi connectivity index (χ2n) is 31.1. The Morgan fingerprint density at radius 1 is 0.500 bits per heavy atom. The van der Waals surface area contributed by atoms with E-state index < -0.39 is 236 Å². The number of aromatic nitrogens is 4. The van der Waals surface area contributed by atoms with E-state index in [9.17, 15) is 112 Å². The second kappa shape index (κ2) is 46.8. The Bertz CT molecular complexity index is 4820. The number of aliphatic hydroxyl groups excluding tert-OH is 2. The van der Waals surface area contributed by atoms with Crippen LogP contribution in [0.3, 0.4) is 0 Å². The number of primary amides is 1. The monoisotopic (exact) mass is 1700 g/mol. The van der Waals surface area contributed by atoms with Crippen LogP contribution in [-0.4, -0.2) is 200 Å². The first-order chi connectivity index (χ1) is 57.5. The van der Waals surface area contributed by atoms with Crippen LogP contribution in [0.25, 0.3) is 33.4 Å². The SMILES string of the molecule is CC(=O)C[C@H](CCCCCC(=O)c1ccc(OC=O)c(-c2c3ccc(=O)cc-3oc3cc(O)ccc23)c1)C(=O)N[C@H](C)C(=O)C[C@H](C)C(=O)N[C@H](C)C(=O)C[C@@H](C(=O)N[C@H](Cc1c[nH]cn1)C(=O)C[C@H](CCC(=O)O)C(=O)N[C@H](C)C(=O)C[C@H](C)C(=O)N[C@H](C)C(=O)C[C@@H](C(=O)N[C@H](Cc1c[nH]cn1)C(=O)C[C@H](CCC(=O)O)C(N)=O)[C@H](C)O)[C@H](C)O. The Hall–Kier alpha value is -12.7. The number of rotatable bonds is 55. The van der Waals surface area contributed by atoms with Gasteiger partial charge in [0.15, 0.2) is 45.9 Å². The van der Waals surface area contributed by atoms with Crippen LogP contribution >= 0.6 is 0 Å². The number of ether oxygens (including phenoxy) is 1. The molecule has 658 valence electrons. The number of amides is 7. The summed E-state index contributed by atoms with van der Waals surface area (Å²) in [4.78, 5) is 264. The van der Waals surface area contributed by atoms with Gasteiger partial charge >= 0.3 is 11.9 Å². The Morgan fingerprint density at radius 2 is 0.967 bits per heavy atom. The van der Waals surface area contributed by atoms with E-state index >= 15 is 0 Å². The molecule has 0 spiro atoms. The summed E-state index contributed by atoms with van der Waals surface area (Å²) in [6, 6.07) is 4.94. The number of hydrogen-bond donors (Lipinski definition) is 14. The van der Waals surface area contributed by atoms with Crippen LogP contribution in [0.1, 0.15) is 187 Å². The van der Waals surface area contributed by atoms with Gasteiger partial charge in [0.25, 0.3) is 6.47 Å². The standard InChI is InChI=1S/C85H107N11O26/c1-42(25-67(104)45(4)93-82(117)53(27-44(3)98)13-11-10-12-14-66(103)51-15-22-73(121-41-97)63(28-51)78-59-20-18-57(101)33-74(59)122-75-34-58(102)19-21-60(75)78)80(115)91-48(7)70(107)36-62(50(9)100)85(120)96-65(32-56-38-88-40-90-56)72(109)30-54(17-24-77(112)113)83(118)94-46(5)68(105)26-43(2)81(116)92-47(6)69(106)35-61(49(8)99)84(119)95-64(31-55-37-87-39-89-55)71(108)29-52(79(86)114)16-23-76(110)111/h15,18-22,28,33-34,37-43,45-50,52-54,61-62,64-65,99-101H,10-14,16-17,23-27,29-32,35-36H2,1-9H3,(H2,86,114)(H,87,89)(H,88,90)(H,91,115)(H,92,116)(H,93,117)(H,94,118)(H,95,119)(H,96,120)(H,110,111)(H,112,113)/t42-,43-,45+,46+,47+,48+,49-,50-,52-,53-,54-,61+,62+,64+,65+/m0/s1. The molecule has 6 rings (SSSR count). The average molecular weight is 1700 g/mol. The average Bonchev–Trinajstić information content (AvgIpc) is 0.864. The zero-order valence-electron chi connectivity index (χ0n) is 69.3. The van der Waals surface area contributed by atoms with E-state index in [1.165, 1.54) is 124 Å². The number of nitrogens with zero attached hydrogens (tertiary/aromatic N) is 2. The number of Topliss-reactive ketones (excluding diaryl/α,β-unsaturated/α-hetero) is 8. The fraction of sp³-hybridized carbons (Fsp3) is 0.494. The highest BCUT2D eigenvalue weighted by Crippen LogP contribution is 2.44. The van der Waals surface area contributed by atoms with Crippen molar-refractivity contribution < 1.29 is 121 Å². The van der Waals surface area contributed by atoms with Gasteiger partial charge in [0.05, 0.1) is 84.3 Å². The number of imidazole rings is 2. The number of fused-ring (bicyclic) bond motifs is 2. The number of aliphatic hydroxyl groups is 2. The summed E-state index contributed by atoms with van der Waals surface area (Å²) >= 11 is 0. The van der Waals surface area contributed by atoms with Crippen molar-refractivity contribution in [1.29, 1.82) is 0 Å². The van der Waals surface area contributed by atoms with E-state index in [1.54, 1.807) is 18.2 Å². The summed E-state index contributed by atoms with van der Waals surface area (Å²) in [6.07, 6.45) is -2.48. The number of carboxylic acid groups (broad SMARTS) is 2. The summed E-state index contributed by atoms with van der Waals surface area (Å²) in [5.74, 6) is -22.5. The van der Waals surface area contributed by atoms with Crippen molar-refractivity contribution in [1.82, 2.24) is 51.8 Å². The lowest BCUT2D eigenvalue weighted by molar-refractivity contribution is -0.139. The number of aromatic hydroxyl groups is 1. The maximum atomic E-state index is 14.4. The van der Waals surface area contributed by atoms with Gasteiger partial charge in [-0.05, 0) is 117 Å². The van der Waals surface area contributed by atoms with Crippen molar-refractivity contribution in [3.63, 3.8) is 0 Å². The largest absolute Gasteiger partial charge is 0.508 e. The number of aromatic amines is 2. The van der Waals surface area contributed by atoms with Crippen molar-refractivity contribution in [3.8, 4) is 33.9 Å². The molecule has 3 heterocycles. The van der Waals surface area contributed by atoms with Crippen molar-refractivity contribution in [3.05, 3.63) is 107 Å². The molecule has 2 aromatic carbocycles. The number of ketones is 8. The molecule has 15 atom stereocenters. The Labute approximate surface area is 701 Å². The number of phenols is 1. The molecule has 1 aliphatic heterocycles. The smallest absolute Gasteiger partial charge is 0.303 e. The van der Waals surface area contributed by atoms with E-state index in [2.05, 4.69) is 51.8 Å². The van der Waals surface area contributed by atoms with Crippen molar-refractivity contribution in [2.24, 2.45) is 47.2 Å². The highest BCUT2D eigenvalue weighted by atomic mass is 16.5. The first kappa shape index (κ1) is 98.2. The molecule has 0 bridgehead atoms. The van der Waals surface area contributed by atoms with Gasteiger partial charge < -0.3 is 87.1 Å². The summed E-state index contributed by atoms with van der Waals surface area (Å²) in [5.41, 5.74) is 7.37. The lowest BCUT2D eigenvalue weighted by Gasteiger charge is -2.26. The van der Waals surface area contributed by atoms with Gasteiger partial charge in [0.1, 0.15) is 28.6 Å². The molecule has 0 radical (unpaired) electrons. The maximum Gasteiger partial charge on any atom is 0.303 e. The van der Waals surface area contributed by atoms with Crippen molar-refractivity contribution >= 4 is 117 Å². The van der Waals surface area contributed by atoms with Crippen LogP contribution in [-0.2, 0) is 94.3 Å². The zero-order chi connectivity index (χ0) is 90.5. The molecule has 7 amide bonds. The summed E-state index contributed by atoms with van der Waals surface area (Å²) < 4.78 is 11.3. The molecule has 0 unspecified atom stereocenters. The fourth-order valence-corrected chi connectivity index (χ4v) is 13.8. The van der Waals surface area contributed by atoms with Crippen LogP contribution in [0.2, 0.25) is 0 Å². The molecule has 0 saturated heterocycles. The fourth-order valence-electron chi connectivity index (χ4n) is 13.8. The van der Waals surface area contributed by atoms with E-state index in [0.717, 1.165) is 0 Å². The number of unbranched alkanes of at least 4 members (excludes halogenated alkanes) is 2. The lowest BCUT2D eigenvalue weighted by atomic mass is 9.90. The quantitative estimate of drug-likeness (QED) is 0.0111. The van der Waals surface area contributed by atoms with Gasteiger partial charge in [0, 0.05) is 159 Å². The minimum atomic E-state index is -1.58. The lowest BCUT2D eigenvalue weighted by Crippen LogP contribution is -2.50. The highest BCUT2D eigenvalue weighted by Gasteiger charge is 2.39. The Kier molecular flexibility index (Phi) is 37.6. The summed E-state index contributed by atoms with van der Waals surface area (Å²) in [6.45, 7) is 11.9. The summed E-state index contributed by atoms with van der Waals surface area (Å²) in [7, 11) is 0. The van der Waals surface area contributed by atoms with Crippen LogP contribution < -0.4 is 47.8 Å². The van der Waals surface area contributed by atoms with Gasteiger partial charge in [-0.2, -0.15) is 0 Å². The molecule has 37 nitrogen and oxygen atoms in total. The molecular formula is C85H107N11O26. The number of nitrogens with two attached hydrogens (primary N) is 1. The number of nitrogens with one attached hydrogen (secondary N) is 8. The van der Waals surface area contributed by atoms with Crippen LogP contribution in [0.5, 0.6) is 11.5 Å². The number of phenolic OH excluding ortho intramolecular Hbond substituents is 1. The van der Waals surface area contributed by atoms with Gasteiger partial charge in [-0.25, -0.2) is 9.97 Å². The zero-order valence-corrected chi connectivity index (χ0v) is 69.3. The third-order valence-electron chi connectivity index (χ3n) is 21.2. The summed E-state index contributed by atoms with van der Waals surface area (Å²) in [5, 5.41) is 66.3. The number of carbonyl (C=O) groups excluding carboxylic acids is 16. The normalized spacial score (nSPS) is 15.0. The molecular weight excluding hydrogens is 1590 g/mol. The molecule has 122 heavy (non-hydrogen) atoms. The number of hydrogen-bond acceptors (Lipinski definition) is 26. The Balaban J connectivity index is 0.989. The second-order valence-corrected chi connectivity index (χ2v) is 31.1. The number of carbonyl (C=O) groups is 18. The van der Waals surface area contributed by atoms with Crippen molar-refractivity contribution in [2.75, 3.05) is 0 Å². The molecule has 2 aliphatic rings. The highest BCUT2D eigenvalue weighted by molar-refractivity contribution is 6.07. The Morgan fingerprint density at radius 3 is 1.42 bits per heavy atom. The topological polar surface area (TPSA) is 603 Å². The minimum Gasteiger partial charge on any atom is -0.508 e. The van der Waals surface area contributed by atoms with Crippen LogP contribution in [0.15, 0.2) is 88.9 Å². The molecule has 0 saturated carbocycles. The molecule has 0 fully saturated rings. The third kappa shape index (κ3) is 29.9. The predicted octanol–water partition coefficient (Wildman–Crippen LogP) is 3.92. The third-order valence-corrected chi connectivity index (χ3v) is 21.2. The number of benzene rings is 3. The van der Waals surface area contributed by atoms with E-state index in [1.807, 2.05) is 0 Å². The van der Waals surface area contributed by atoms with E-state index in [4.69, 9.17) is 20.0 Å². The van der Waals surface area contributed by atoms with Gasteiger partial charge in [-0.1, -0.05) is 26.7 Å². The van der Waals surface area contributed by atoms with Crippen molar-refractivity contribution in [2.45, 2.75) is 226 Å². The number of H-pyrrole nitrogens is 2.